The van der Waals surface area contributed by atoms with Gasteiger partial charge in [0.25, 0.3) is 11.6 Å². The molecule has 0 bridgehead atoms. The standard InChI is InChI=1S/C16H22ClF2NO4/c1-3-23-15-9-11(5-6-13(15)20(21)22)24-14-7-4-10(8-12(14)17)16(2,18)19/h4,7,10-12,14H,3,5-6,8-9H2,1-2H3. The van der Waals surface area contributed by atoms with E-state index in [1.54, 1.807) is 13.0 Å². The van der Waals surface area contributed by atoms with Gasteiger partial charge in [-0.3, -0.25) is 10.1 Å². The second kappa shape index (κ2) is 7.78. The van der Waals surface area contributed by atoms with E-state index in [4.69, 9.17) is 21.1 Å². The minimum atomic E-state index is -2.81. The number of hydrogen-bond donors (Lipinski definition) is 0. The third-order valence-electron chi connectivity index (χ3n) is 4.35. The van der Waals surface area contributed by atoms with Crippen LogP contribution in [0, 0.1) is 16.0 Å². The lowest BCUT2D eigenvalue weighted by Crippen LogP contribution is -2.37. The van der Waals surface area contributed by atoms with Crippen molar-refractivity contribution >= 4 is 11.6 Å². The number of nitrogens with zero attached hydrogens (tertiary/aromatic N) is 1. The van der Waals surface area contributed by atoms with Crippen LogP contribution in [0.15, 0.2) is 23.6 Å². The number of nitro groups is 1. The molecule has 0 aliphatic heterocycles. The van der Waals surface area contributed by atoms with Crippen molar-refractivity contribution in [3.05, 3.63) is 33.7 Å². The fourth-order valence-electron chi connectivity index (χ4n) is 3.04. The highest BCUT2D eigenvalue weighted by Gasteiger charge is 2.39. The topological polar surface area (TPSA) is 61.6 Å². The molecule has 24 heavy (non-hydrogen) atoms. The molecule has 2 aliphatic carbocycles. The van der Waals surface area contributed by atoms with E-state index in [1.807, 2.05) is 0 Å². The molecule has 4 unspecified atom stereocenters. The summed E-state index contributed by atoms with van der Waals surface area (Å²) < 4.78 is 38.1. The summed E-state index contributed by atoms with van der Waals surface area (Å²) in [5, 5.41) is 10.5. The molecule has 0 amide bonds. The SMILES string of the molecule is CCOC1=C([N+](=O)[O-])CCC(OC2C=CC(C(C)(F)F)CC2Cl)C1. The lowest BCUT2D eigenvalue weighted by atomic mass is 9.89. The van der Waals surface area contributed by atoms with Crippen LogP contribution in [0.5, 0.6) is 0 Å². The fraction of sp³-hybridized carbons (Fsp3) is 0.750. The van der Waals surface area contributed by atoms with E-state index < -0.39 is 28.2 Å². The van der Waals surface area contributed by atoms with Gasteiger partial charge < -0.3 is 9.47 Å². The van der Waals surface area contributed by atoms with Gasteiger partial charge in [0.1, 0.15) is 0 Å². The number of ether oxygens (including phenoxy) is 2. The molecule has 0 heterocycles. The molecular weight excluding hydrogens is 344 g/mol. The summed E-state index contributed by atoms with van der Waals surface area (Å²) in [4.78, 5) is 10.6. The van der Waals surface area contributed by atoms with Crippen molar-refractivity contribution in [1.82, 2.24) is 0 Å². The number of alkyl halides is 3. The summed E-state index contributed by atoms with van der Waals surface area (Å²) in [6.07, 6.45) is 3.45. The van der Waals surface area contributed by atoms with E-state index in [0.717, 1.165) is 6.92 Å². The lowest BCUT2D eigenvalue weighted by molar-refractivity contribution is -0.433. The summed E-state index contributed by atoms with van der Waals surface area (Å²) in [6, 6.07) is 0. The Morgan fingerprint density at radius 1 is 1.46 bits per heavy atom. The van der Waals surface area contributed by atoms with Crippen molar-refractivity contribution < 1.29 is 23.2 Å². The zero-order valence-electron chi connectivity index (χ0n) is 13.7. The molecule has 4 atom stereocenters. The third kappa shape index (κ3) is 4.66. The first-order valence-corrected chi connectivity index (χ1v) is 8.50. The van der Waals surface area contributed by atoms with Crippen molar-refractivity contribution in [3.8, 4) is 0 Å². The van der Waals surface area contributed by atoms with E-state index in [1.165, 1.54) is 6.08 Å². The Morgan fingerprint density at radius 2 is 2.17 bits per heavy atom. The van der Waals surface area contributed by atoms with Crippen molar-refractivity contribution in [1.29, 1.82) is 0 Å². The van der Waals surface area contributed by atoms with E-state index >= 15 is 0 Å². The van der Waals surface area contributed by atoms with Gasteiger partial charge in [0.2, 0.25) is 0 Å². The predicted octanol–water partition coefficient (Wildman–Crippen LogP) is 4.29. The second-order valence-electron chi connectivity index (χ2n) is 6.22. The van der Waals surface area contributed by atoms with Gasteiger partial charge in [-0.1, -0.05) is 12.2 Å². The molecule has 0 saturated heterocycles. The summed E-state index contributed by atoms with van der Waals surface area (Å²) in [7, 11) is 0. The molecule has 5 nitrogen and oxygen atoms in total. The number of allylic oxidation sites excluding steroid dienone is 2. The normalized spacial score (nSPS) is 31.2. The van der Waals surface area contributed by atoms with Gasteiger partial charge in [0, 0.05) is 18.8 Å². The van der Waals surface area contributed by atoms with Crippen LogP contribution in [0.2, 0.25) is 0 Å². The lowest BCUT2D eigenvalue weighted by Gasteiger charge is -2.33. The monoisotopic (exact) mass is 365 g/mol. The van der Waals surface area contributed by atoms with Crippen LogP contribution >= 0.6 is 11.6 Å². The van der Waals surface area contributed by atoms with E-state index in [-0.39, 0.29) is 24.6 Å². The molecule has 0 radical (unpaired) electrons. The zero-order chi connectivity index (χ0) is 17.9. The Kier molecular flexibility index (Phi) is 6.20. The Labute approximate surface area is 144 Å². The van der Waals surface area contributed by atoms with Gasteiger partial charge >= 0.3 is 0 Å². The maximum absolute atomic E-state index is 13.4. The van der Waals surface area contributed by atoms with Gasteiger partial charge in [-0.05, 0) is 26.7 Å². The van der Waals surface area contributed by atoms with Crippen LogP contribution in [0.3, 0.4) is 0 Å². The van der Waals surface area contributed by atoms with E-state index in [9.17, 15) is 18.9 Å². The molecule has 0 N–H and O–H groups in total. The maximum atomic E-state index is 13.4. The van der Waals surface area contributed by atoms with E-state index in [0.29, 0.717) is 25.2 Å². The third-order valence-corrected chi connectivity index (χ3v) is 4.77. The average molecular weight is 366 g/mol. The molecule has 0 fully saturated rings. The molecule has 2 aliphatic rings. The van der Waals surface area contributed by atoms with Crippen LogP contribution in [0.25, 0.3) is 0 Å². The van der Waals surface area contributed by atoms with Crippen LogP contribution in [-0.4, -0.2) is 35.0 Å². The highest BCUT2D eigenvalue weighted by molar-refractivity contribution is 6.21. The number of halogens is 3. The Hall–Kier alpha value is -1.21. The van der Waals surface area contributed by atoms with E-state index in [2.05, 4.69) is 0 Å². The van der Waals surface area contributed by atoms with Crippen molar-refractivity contribution in [2.75, 3.05) is 6.61 Å². The smallest absolute Gasteiger partial charge is 0.283 e. The number of hydrogen-bond acceptors (Lipinski definition) is 4. The van der Waals surface area contributed by atoms with Crippen LogP contribution in [0.4, 0.5) is 8.78 Å². The molecule has 0 aromatic heterocycles. The van der Waals surface area contributed by atoms with Crippen LogP contribution < -0.4 is 0 Å². The summed E-state index contributed by atoms with van der Waals surface area (Å²) in [5.74, 6) is -3.38. The van der Waals surface area contributed by atoms with Crippen molar-refractivity contribution in [2.45, 2.75) is 63.0 Å². The van der Waals surface area contributed by atoms with Gasteiger partial charge in [-0.15, -0.1) is 11.6 Å². The average Bonchev–Trinajstić information content (AvgIpc) is 2.48. The van der Waals surface area contributed by atoms with Gasteiger partial charge in [-0.2, -0.15) is 0 Å². The molecule has 0 saturated carbocycles. The summed E-state index contributed by atoms with van der Waals surface area (Å²) in [5.41, 5.74) is 0.0870. The minimum Gasteiger partial charge on any atom is -0.491 e. The van der Waals surface area contributed by atoms with Crippen molar-refractivity contribution in [3.63, 3.8) is 0 Å². The van der Waals surface area contributed by atoms with Crippen molar-refractivity contribution in [2.24, 2.45) is 5.92 Å². The quantitative estimate of drug-likeness (QED) is 0.305. The highest BCUT2D eigenvalue weighted by Crippen LogP contribution is 2.37. The molecule has 0 spiro atoms. The van der Waals surface area contributed by atoms with Gasteiger partial charge in [0.05, 0.1) is 29.1 Å². The van der Waals surface area contributed by atoms with Gasteiger partial charge in [0.15, 0.2) is 5.76 Å². The number of rotatable bonds is 6. The summed E-state index contributed by atoms with van der Waals surface area (Å²) >= 11 is 6.22. The second-order valence-corrected chi connectivity index (χ2v) is 6.79. The molecule has 2 rings (SSSR count). The maximum Gasteiger partial charge on any atom is 0.283 e. The minimum absolute atomic E-state index is 0.0870. The highest BCUT2D eigenvalue weighted by atomic mass is 35.5. The zero-order valence-corrected chi connectivity index (χ0v) is 14.5. The fourth-order valence-corrected chi connectivity index (χ4v) is 3.37. The Balaban J connectivity index is 2.01. The summed E-state index contributed by atoms with van der Waals surface area (Å²) in [6.45, 7) is 2.99. The molecule has 0 aromatic carbocycles. The first-order chi connectivity index (χ1) is 11.2. The molecular formula is C16H22ClF2NO4. The Morgan fingerprint density at radius 3 is 2.71 bits per heavy atom. The predicted molar refractivity (Wildman–Crippen MR) is 85.7 cm³/mol. The first-order valence-electron chi connectivity index (χ1n) is 8.07. The molecule has 136 valence electrons. The van der Waals surface area contributed by atoms with Gasteiger partial charge in [-0.25, -0.2) is 8.78 Å². The van der Waals surface area contributed by atoms with Crippen LogP contribution in [0.1, 0.15) is 39.5 Å². The first kappa shape index (κ1) is 19.1. The van der Waals surface area contributed by atoms with Crippen LogP contribution in [-0.2, 0) is 9.47 Å². The largest absolute Gasteiger partial charge is 0.491 e. The molecule has 0 aromatic rings. The Bertz CT molecular complexity index is 533. The molecule has 8 heteroatoms.